The number of amides is 2. The van der Waals surface area contributed by atoms with Gasteiger partial charge in [-0.2, -0.15) is 0 Å². The summed E-state index contributed by atoms with van der Waals surface area (Å²) < 4.78 is 10.3. The average Bonchev–Trinajstić information content (AvgIpc) is 2.89. The molecule has 0 radical (unpaired) electrons. The first-order valence-electron chi connectivity index (χ1n) is 6.86. The highest BCUT2D eigenvalue weighted by atomic mass is 35.5. The van der Waals surface area contributed by atoms with Gasteiger partial charge in [-0.05, 0) is 18.6 Å². The van der Waals surface area contributed by atoms with Gasteiger partial charge in [0.2, 0.25) is 0 Å². The molecule has 0 saturated carbocycles. The van der Waals surface area contributed by atoms with E-state index < -0.39 is 6.10 Å². The second-order valence-corrected chi connectivity index (χ2v) is 5.74. The Morgan fingerprint density at radius 2 is 2.09 bits per heavy atom. The number of likely N-dealkylation sites (tertiary alicyclic amines) is 1. The molecule has 0 aromatic heterocycles. The van der Waals surface area contributed by atoms with Gasteiger partial charge in [0.05, 0.1) is 22.8 Å². The van der Waals surface area contributed by atoms with Gasteiger partial charge in [-0.3, -0.25) is 0 Å². The Labute approximate surface area is 138 Å². The number of aliphatic hydroxyl groups is 1. The molecule has 1 aromatic rings. The van der Waals surface area contributed by atoms with Crippen molar-refractivity contribution >= 4 is 34.9 Å². The molecule has 22 heavy (non-hydrogen) atoms. The predicted octanol–water partition coefficient (Wildman–Crippen LogP) is 2.62. The molecular weight excluding hydrogens is 331 g/mol. The quantitative estimate of drug-likeness (QED) is 0.802. The molecule has 1 aliphatic heterocycles. The van der Waals surface area contributed by atoms with E-state index in [0.29, 0.717) is 54.2 Å². The second-order valence-electron chi connectivity index (χ2n) is 4.93. The van der Waals surface area contributed by atoms with E-state index >= 15 is 0 Å². The third kappa shape index (κ3) is 4.39. The minimum Gasteiger partial charge on any atom is -0.488 e. The van der Waals surface area contributed by atoms with Crippen LogP contribution in [0.1, 0.15) is 6.42 Å². The van der Waals surface area contributed by atoms with Crippen molar-refractivity contribution in [3.05, 3.63) is 22.2 Å². The lowest BCUT2D eigenvalue weighted by molar-refractivity contribution is 0.146. The first-order chi connectivity index (χ1) is 10.5. The SMILES string of the molecule is COCCOc1c(Cl)cc(NC(=O)N2CCC(O)C2)cc1Cl. The van der Waals surface area contributed by atoms with E-state index in [-0.39, 0.29) is 6.03 Å². The van der Waals surface area contributed by atoms with Crippen LogP contribution in [-0.2, 0) is 4.74 Å². The van der Waals surface area contributed by atoms with E-state index in [0.717, 1.165) is 0 Å². The van der Waals surface area contributed by atoms with Crippen LogP contribution in [0.3, 0.4) is 0 Å². The fourth-order valence-corrected chi connectivity index (χ4v) is 2.72. The normalized spacial score (nSPS) is 17.6. The van der Waals surface area contributed by atoms with E-state index in [1.165, 1.54) is 4.90 Å². The molecule has 2 N–H and O–H groups in total. The molecule has 1 fully saturated rings. The van der Waals surface area contributed by atoms with Gasteiger partial charge in [-0.1, -0.05) is 23.2 Å². The molecule has 1 aromatic carbocycles. The van der Waals surface area contributed by atoms with Gasteiger partial charge >= 0.3 is 6.03 Å². The fraction of sp³-hybridized carbons (Fsp3) is 0.500. The minimum atomic E-state index is -0.463. The van der Waals surface area contributed by atoms with Gasteiger partial charge in [-0.25, -0.2) is 4.79 Å². The van der Waals surface area contributed by atoms with Crippen molar-refractivity contribution in [2.75, 3.05) is 38.7 Å². The zero-order valence-electron chi connectivity index (χ0n) is 12.1. The molecule has 1 aliphatic rings. The van der Waals surface area contributed by atoms with Gasteiger partial charge < -0.3 is 24.8 Å². The lowest BCUT2D eigenvalue weighted by atomic mass is 10.3. The van der Waals surface area contributed by atoms with Gasteiger partial charge in [0.1, 0.15) is 6.61 Å². The van der Waals surface area contributed by atoms with Gasteiger partial charge in [0.25, 0.3) is 0 Å². The molecule has 6 nitrogen and oxygen atoms in total. The fourth-order valence-electron chi connectivity index (χ4n) is 2.13. The number of hydrogen-bond donors (Lipinski definition) is 2. The number of methoxy groups -OCH3 is 1. The highest BCUT2D eigenvalue weighted by molar-refractivity contribution is 6.37. The maximum absolute atomic E-state index is 12.0. The summed E-state index contributed by atoms with van der Waals surface area (Å²) in [6, 6.07) is 2.84. The largest absolute Gasteiger partial charge is 0.488 e. The molecule has 122 valence electrons. The summed E-state index contributed by atoms with van der Waals surface area (Å²) in [6.07, 6.45) is 0.121. The summed E-state index contributed by atoms with van der Waals surface area (Å²) in [6.45, 7) is 1.59. The van der Waals surface area contributed by atoms with E-state index in [1.807, 2.05) is 0 Å². The number of anilines is 1. The van der Waals surface area contributed by atoms with Gasteiger partial charge in [0.15, 0.2) is 5.75 Å². The van der Waals surface area contributed by atoms with Crippen molar-refractivity contribution in [2.45, 2.75) is 12.5 Å². The number of benzene rings is 1. The molecule has 8 heteroatoms. The van der Waals surface area contributed by atoms with E-state index in [1.54, 1.807) is 19.2 Å². The zero-order chi connectivity index (χ0) is 16.1. The number of rotatable bonds is 5. The Morgan fingerprint density at radius 3 is 2.64 bits per heavy atom. The zero-order valence-corrected chi connectivity index (χ0v) is 13.7. The number of nitrogens with one attached hydrogen (secondary N) is 1. The summed E-state index contributed by atoms with van der Waals surface area (Å²) in [5, 5.41) is 12.8. The molecule has 1 unspecified atom stereocenters. The summed E-state index contributed by atoms with van der Waals surface area (Å²) >= 11 is 12.2. The number of hydrogen-bond acceptors (Lipinski definition) is 4. The van der Waals surface area contributed by atoms with Crippen molar-refractivity contribution in [1.82, 2.24) is 4.90 Å². The van der Waals surface area contributed by atoms with Crippen LogP contribution in [0, 0.1) is 0 Å². The topological polar surface area (TPSA) is 71.0 Å². The summed E-state index contributed by atoms with van der Waals surface area (Å²) in [7, 11) is 1.57. The van der Waals surface area contributed by atoms with Crippen LogP contribution in [0.25, 0.3) is 0 Å². The third-order valence-electron chi connectivity index (χ3n) is 3.23. The number of aliphatic hydroxyl groups excluding tert-OH is 1. The number of nitrogens with zero attached hydrogens (tertiary/aromatic N) is 1. The van der Waals surface area contributed by atoms with Crippen molar-refractivity contribution < 1.29 is 19.4 Å². The number of carbonyl (C=O) groups is 1. The molecule has 0 spiro atoms. The number of carbonyl (C=O) groups excluding carboxylic acids is 1. The van der Waals surface area contributed by atoms with E-state index in [4.69, 9.17) is 32.7 Å². The molecular formula is C14H18Cl2N2O4. The van der Waals surface area contributed by atoms with Crippen molar-refractivity contribution in [2.24, 2.45) is 0 Å². The van der Waals surface area contributed by atoms with E-state index in [2.05, 4.69) is 5.32 Å². The molecule has 2 amide bonds. The van der Waals surface area contributed by atoms with E-state index in [9.17, 15) is 9.90 Å². The Kier molecular flexibility index (Phi) is 6.14. The Hall–Kier alpha value is -1.21. The standard InChI is InChI=1S/C14H18Cl2N2O4/c1-21-4-5-22-13-11(15)6-9(7-12(13)16)17-14(20)18-3-2-10(19)8-18/h6-7,10,19H,2-5,8H2,1H3,(H,17,20). The lowest BCUT2D eigenvalue weighted by Crippen LogP contribution is -2.33. The third-order valence-corrected chi connectivity index (χ3v) is 3.80. The maximum Gasteiger partial charge on any atom is 0.321 e. The van der Waals surface area contributed by atoms with Crippen molar-refractivity contribution in [1.29, 1.82) is 0 Å². The molecule has 0 bridgehead atoms. The van der Waals surface area contributed by atoms with Crippen LogP contribution in [0.2, 0.25) is 10.0 Å². The lowest BCUT2D eigenvalue weighted by Gasteiger charge is -2.17. The molecule has 0 aliphatic carbocycles. The Balaban J connectivity index is 2.01. The highest BCUT2D eigenvalue weighted by Crippen LogP contribution is 2.36. The van der Waals surface area contributed by atoms with Crippen LogP contribution in [0.5, 0.6) is 5.75 Å². The molecule has 2 rings (SSSR count). The van der Waals surface area contributed by atoms with Crippen molar-refractivity contribution in [3.63, 3.8) is 0 Å². The number of urea groups is 1. The smallest absolute Gasteiger partial charge is 0.321 e. The number of halogens is 2. The molecule has 1 atom stereocenters. The van der Waals surface area contributed by atoms with Crippen LogP contribution in [-0.4, -0.2) is 55.6 Å². The van der Waals surface area contributed by atoms with Gasteiger partial charge in [0, 0.05) is 25.9 Å². The maximum atomic E-state index is 12.0. The van der Waals surface area contributed by atoms with Gasteiger partial charge in [-0.15, -0.1) is 0 Å². The Bertz CT molecular complexity index is 519. The first kappa shape index (κ1) is 17.1. The molecule has 1 heterocycles. The van der Waals surface area contributed by atoms with Crippen molar-refractivity contribution in [3.8, 4) is 5.75 Å². The van der Waals surface area contributed by atoms with Crippen LogP contribution in [0.15, 0.2) is 12.1 Å². The average molecular weight is 349 g/mol. The van der Waals surface area contributed by atoms with Crippen LogP contribution >= 0.6 is 23.2 Å². The minimum absolute atomic E-state index is 0.295. The monoisotopic (exact) mass is 348 g/mol. The summed E-state index contributed by atoms with van der Waals surface area (Å²) in [4.78, 5) is 13.6. The predicted molar refractivity (Wildman–Crippen MR) is 85.0 cm³/mol. The van der Waals surface area contributed by atoms with Crippen LogP contribution in [0.4, 0.5) is 10.5 Å². The first-order valence-corrected chi connectivity index (χ1v) is 7.61. The Morgan fingerprint density at radius 1 is 1.41 bits per heavy atom. The number of β-amino-alcohol motifs (C(OH)–C–C–N with tert-alkyl or cyclic N) is 1. The summed E-state index contributed by atoms with van der Waals surface area (Å²) in [5.74, 6) is 0.356. The molecule has 1 saturated heterocycles. The number of ether oxygens (including phenoxy) is 2. The highest BCUT2D eigenvalue weighted by Gasteiger charge is 2.24. The summed E-state index contributed by atoms with van der Waals surface area (Å²) in [5.41, 5.74) is 0.473. The van der Waals surface area contributed by atoms with Crippen LogP contribution < -0.4 is 10.1 Å². The second kappa shape index (κ2) is 7.87.